The predicted molar refractivity (Wildman–Crippen MR) is 61.3 cm³/mol. The van der Waals surface area contributed by atoms with Crippen molar-refractivity contribution in [3.05, 3.63) is 16.1 Å². The van der Waals surface area contributed by atoms with Crippen LogP contribution >= 0.6 is 23.1 Å². The third-order valence-corrected chi connectivity index (χ3v) is 4.49. The summed E-state index contributed by atoms with van der Waals surface area (Å²) in [5.74, 6) is 1.36. The Kier molecular flexibility index (Phi) is 3.23. The molecule has 2 nitrogen and oxygen atoms in total. The van der Waals surface area contributed by atoms with Gasteiger partial charge in [0.05, 0.1) is 10.3 Å². The van der Waals surface area contributed by atoms with Crippen LogP contribution < -0.4 is 0 Å². The van der Waals surface area contributed by atoms with Crippen molar-refractivity contribution >= 4 is 28.9 Å². The summed E-state index contributed by atoms with van der Waals surface area (Å²) in [5.41, 5.74) is 0.673. The lowest BCUT2D eigenvalue weighted by Crippen LogP contribution is -2.21. The molecule has 0 saturated carbocycles. The number of Topliss-reactive ketones (excluding diaryl/α,β-unsaturated/α-hetero) is 1. The summed E-state index contributed by atoms with van der Waals surface area (Å²) < 4.78 is 0. The van der Waals surface area contributed by atoms with Gasteiger partial charge in [0, 0.05) is 5.38 Å². The van der Waals surface area contributed by atoms with E-state index >= 15 is 0 Å². The van der Waals surface area contributed by atoms with E-state index in [9.17, 15) is 4.79 Å². The maximum atomic E-state index is 11.9. The first-order valence-corrected chi connectivity index (χ1v) is 6.78. The summed E-state index contributed by atoms with van der Waals surface area (Å²) in [4.78, 5) is 16.2. The molecule has 0 spiro atoms. The number of aryl methyl sites for hydroxylation is 1. The Morgan fingerprint density at radius 2 is 2.43 bits per heavy atom. The Morgan fingerprint density at radius 1 is 1.57 bits per heavy atom. The minimum absolute atomic E-state index is 0.172. The molecule has 14 heavy (non-hydrogen) atoms. The molecule has 1 aromatic heterocycles. The summed E-state index contributed by atoms with van der Waals surface area (Å²) in [6, 6.07) is 0. The van der Waals surface area contributed by atoms with Gasteiger partial charge in [-0.05, 0) is 25.5 Å². The number of thioether (sulfide) groups is 1. The standard InChI is InChI=1S/C10H13NOS2/c1-7-11-8(6-14-7)10(12)9-4-2-3-5-13-9/h6,9H,2-5H2,1H3. The van der Waals surface area contributed by atoms with Crippen LogP contribution in [0.25, 0.3) is 0 Å². The maximum absolute atomic E-state index is 11.9. The van der Waals surface area contributed by atoms with Gasteiger partial charge in [0.25, 0.3) is 0 Å². The Bertz CT molecular complexity index is 329. The quantitative estimate of drug-likeness (QED) is 0.728. The zero-order valence-corrected chi connectivity index (χ0v) is 9.79. The number of hydrogen-bond acceptors (Lipinski definition) is 4. The Hall–Kier alpha value is -0.350. The van der Waals surface area contributed by atoms with Crippen molar-refractivity contribution in [3.8, 4) is 0 Å². The van der Waals surface area contributed by atoms with Crippen LogP contribution in [0.15, 0.2) is 5.38 Å². The van der Waals surface area contributed by atoms with Gasteiger partial charge in [-0.2, -0.15) is 11.8 Å². The molecule has 2 heterocycles. The molecule has 1 aliphatic heterocycles. The van der Waals surface area contributed by atoms with Gasteiger partial charge in [-0.1, -0.05) is 6.42 Å². The molecule has 0 radical (unpaired) electrons. The van der Waals surface area contributed by atoms with Gasteiger partial charge in [-0.3, -0.25) is 4.79 Å². The topological polar surface area (TPSA) is 30.0 Å². The predicted octanol–water partition coefficient (Wildman–Crippen LogP) is 2.92. The van der Waals surface area contributed by atoms with Gasteiger partial charge in [-0.25, -0.2) is 4.98 Å². The molecule has 0 aliphatic carbocycles. The Balaban J connectivity index is 2.07. The highest BCUT2D eigenvalue weighted by Gasteiger charge is 2.24. The first-order valence-electron chi connectivity index (χ1n) is 4.85. The maximum Gasteiger partial charge on any atom is 0.194 e. The van der Waals surface area contributed by atoms with E-state index in [1.54, 1.807) is 23.1 Å². The second-order valence-electron chi connectivity index (χ2n) is 3.47. The number of rotatable bonds is 2. The van der Waals surface area contributed by atoms with Crippen molar-refractivity contribution in [2.45, 2.75) is 31.4 Å². The molecule has 1 atom stereocenters. The van der Waals surface area contributed by atoms with E-state index in [4.69, 9.17) is 0 Å². The van der Waals surface area contributed by atoms with E-state index < -0.39 is 0 Å². The molecule has 0 bridgehead atoms. The summed E-state index contributed by atoms with van der Waals surface area (Å²) in [7, 11) is 0. The molecule has 76 valence electrons. The fourth-order valence-electron chi connectivity index (χ4n) is 1.59. The molecular weight excluding hydrogens is 214 g/mol. The zero-order chi connectivity index (χ0) is 9.97. The number of thiazole rings is 1. The van der Waals surface area contributed by atoms with Crippen LogP contribution in [0.2, 0.25) is 0 Å². The molecule has 0 N–H and O–H groups in total. The molecule has 4 heteroatoms. The zero-order valence-electron chi connectivity index (χ0n) is 8.16. The fourth-order valence-corrected chi connectivity index (χ4v) is 3.45. The third kappa shape index (κ3) is 2.17. The van der Waals surface area contributed by atoms with Crippen molar-refractivity contribution in [2.75, 3.05) is 5.75 Å². The van der Waals surface area contributed by atoms with Gasteiger partial charge in [0.2, 0.25) is 0 Å². The number of aromatic nitrogens is 1. The van der Waals surface area contributed by atoms with E-state index in [0.29, 0.717) is 5.69 Å². The second kappa shape index (κ2) is 4.45. The molecule has 1 saturated heterocycles. The van der Waals surface area contributed by atoms with Crippen molar-refractivity contribution in [2.24, 2.45) is 0 Å². The first-order chi connectivity index (χ1) is 6.77. The highest BCUT2D eigenvalue weighted by atomic mass is 32.2. The number of ketones is 1. The van der Waals surface area contributed by atoms with Gasteiger partial charge in [0.1, 0.15) is 5.69 Å². The number of hydrogen-bond donors (Lipinski definition) is 0. The molecule has 1 unspecified atom stereocenters. The lowest BCUT2D eigenvalue weighted by Gasteiger charge is -2.18. The molecule has 0 aromatic carbocycles. The van der Waals surface area contributed by atoms with Gasteiger partial charge >= 0.3 is 0 Å². The van der Waals surface area contributed by atoms with Crippen LogP contribution in [0.3, 0.4) is 0 Å². The van der Waals surface area contributed by atoms with Crippen LogP contribution in [0.5, 0.6) is 0 Å². The van der Waals surface area contributed by atoms with Crippen LogP contribution in [-0.4, -0.2) is 21.8 Å². The minimum atomic E-state index is 0.172. The van der Waals surface area contributed by atoms with E-state index in [-0.39, 0.29) is 11.0 Å². The van der Waals surface area contributed by atoms with Gasteiger partial charge < -0.3 is 0 Å². The highest BCUT2D eigenvalue weighted by molar-refractivity contribution is 8.00. The average molecular weight is 227 g/mol. The molecule has 2 rings (SSSR count). The van der Waals surface area contributed by atoms with Crippen molar-refractivity contribution in [1.29, 1.82) is 0 Å². The van der Waals surface area contributed by atoms with E-state index in [1.807, 2.05) is 12.3 Å². The van der Waals surface area contributed by atoms with Gasteiger partial charge in [-0.15, -0.1) is 11.3 Å². The Morgan fingerprint density at radius 3 is 3.00 bits per heavy atom. The molecule has 0 amide bonds. The molecule has 1 aliphatic rings. The lowest BCUT2D eigenvalue weighted by atomic mass is 10.1. The fraction of sp³-hybridized carbons (Fsp3) is 0.600. The summed E-state index contributed by atoms with van der Waals surface area (Å²) in [6.07, 6.45) is 3.47. The highest BCUT2D eigenvalue weighted by Crippen LogP contribution is 2.28. The third-order valence-electron chi connectivity index (χ3n) is 2.34. The number of carbonyl (C=O) groups is 1. The molecule has 1 aromatic rings. The van der Waals surface area contributed by atoms with Crippen LogP contribution in [-0.2, 0) is 0 Å². The number of nitrogens with zero attached hydrogens (tertiary/aromatic N) is 1. The van der Waals surface area contributed by atoms with E-state index in [0.717, 1.165) is 17.2 Å². The van der Waals surface area contributed by atoms with Crippen LogP contribution in [0.1, 0.15) is 34.8 Å². The monoisotopic (exact) mass is 227 g/mol. The van der Waals surface area contributed by atoms with E-state index in [2.05, 4.69) is 4.98 Å². The SMILES string of the molecule is Cc1nc(C(=O)C2CCCCS2)cs1. The first kappa shape index (κ1) is 10.2. The summed E-state index contributed by atoms with van der Waals surface area (Å²) in [5, 5.41) is 3.03. The summed E-state index contributed by atoms with van der Waals surface area (Å²) in [6.45, 7) is 1.94. The summed E-state index contributed by atoms with van der Waals surface area (Å²) >= 11 is 3.35. The normalized spacial score (nSPS) is 22.2. The number of carbonyl (C=O) groups excluding carboxylic acids is 1. The van der Waals surface area contributed by atoms with Crippen LogP contribution in [0, 0.1) is 6.92 Å². The van der Waals surface area contributed by atoms with Crippen molar-refractivity contribution in [3.63, 3.8) is 0 Å². The molecular formula is C10H13NOS2. The van der Waals surface area contributed by atoms with E-state index in [1.165, 1.54) is 12.8 Å². The largest absolute Gasteiger partial charge is 0.291 e. The van der Waals surface area contributed by atoms with Crippen LogP contribution in [0.4, 0.5) is 0 Å². The van der Waals surface area contributed by atoms with Crippen molar-refractivity contribution < 1.29 is 4.79 Å². The Labute approximate surface area is 92.1 Å². The lowest BCUT2D eigenvalue weighted by molar-refractivity contribution is 0.0980. The van der Waals surface area contributed by atoms with Gasteiger partial charge in [0.15, 0.2) is 5.78 Å². The average Bonchev–Trinajstić information content (AvgIpc) is 2.65. The minimum Gasteiger partial charge on any atom is -0.291 e. The van der Waals surface area contributed by atoms with Crippen molar-refractivity contribution in [1.82, 2.24) is 4.98 Å². The molecule has 1 fully saturated rings. The smallest absolute Gasteiger partial charge is 0.194 e. The second-order valence-corrected chi connectivity index (χ2v) is 5.84.